The third-order valence-corrected chi connectivity index (χ3v) is 7.31. The average Bonchev–Trinajstić information content (AvgIpc) is 2.83. The van der Waals surface area contributed by atoms with Gasteiger partial charge in [-0.2, -0.15) is 11.8 Å². The van der Waals surface area contributed by atoms with Gasteiger partial charge in [0.2, 0.25) is 5.91 Å². The van der Waals surface area contributed by atoms with Crippen LogP contribution in [-0.2, 0) is 11.3 Å². The molecule has 0 bridgehead atoms. The molecule has 1 aliphatic carbocycles. The molecule has 1 saturated carbocycles. The van der Waals surface area contributed by atoms with Crippen molar-refractivity contribution in [2.24, 2.45) is 10.9 Å². The molecule has 2 aromatic rings. The molecular weight excluding hydrogens is 404 g/mol. The van der Waals surface area contributed by atoms with Gasteiger partial charge in [0.1, 0.15) is 0 Å². The molecule has 2 aliphatic rings. The van der Waals surface area contributed by atoms with E-state index >= 15 is 0 Å². The second kappa shape index (κ2) is 10.9. The van der Waals surface area contributed by atoms with Crippen molar-refractivity contribution in [2.45, 2.75) is 45.2 Å². The number of rotatable bonds is 5. The number of nitrogens with one attached hydrogen (secondary N) is 2. The third-order valence-electron chi connectivity index (χ3n) is 6.37. The average molecular weight is 439 g/mol. The van der Waals surface area contributed by atoms with Gasteiger partial charge in [0, 0.05) is 43.1 Å². The number of amides is 1. The zero-order valence-corrected chi connectivity index (χ0v) is 19.3. The number of aliphatic imine (C=N–C) groups is 1. The van der Waals surface area contributed by atoms with Crippen LogP contribution in [-0.4, -0.2) is 53.9 Å². The van der Waals surface area contributed by atoms with Gasteiger partial charge < -0.3 is 15.5 Å². The Bertz CT molecular complexity index is 896. The lowest BCUT2D eigenvalue weighted by atomic mass is 9.85. The number of carbonyl (C=O) groups excluding carboxylic acids is 1. The number of carbonyl (C=O) groups is 1. The molecule has 0 atom stereocenters. The van der Waals surface area contributed by atoms with Crippen LogP contribution in [0, 0.1) is 5.92 Å². The molecule has 2 aromatic carbocycles. The van der Waals surface area contributed by atoms with E-state index in [0.29, 0.717) is 18.5 Å². The highest BCUT2D eigenvalue weighted by molar-refractivity contribution is 7.99. The Morgan fingerprint density at radius 3 is 2.58 bits per heavy atom. The van der Waals surface area contributed by atoms with Crippen LogP contribution in [0.1, 0.15) is 38.2 Å². The molecule has 2 fully saturated rings. The highest BCUT2D eigenvalue weighted by Crippen LogP contribution is 2.27. The van der Waals surface area contributed by atoms with E-state index in [1.54, 1.807) is 0 Å². The topological polar surface area (TPSA) is 56.7 Å². The number of guanidine groups is 1. The Hall–Kier alpha value is -2.21. The lowest BCUT2D eigenvalue weighted by Gasteiger charge is -2.34. The zero-order chi connectivity index (χ0) is 21.5. The maximum Gasteiger partial charge on any atom is 0.225 e. The predicted molar refractivity (Wildman–Crippen MR) is 132 cm³/mol. The van der Waals surface area contributed by atoms with Gasteiger partial charge in [-0.15, -0.1) is 0 Å². The monoisotopic (exact) mass is 438 g/mol. The number of benzene rings is 2. The minimum atomic E-state index is 0.205. The van der Waals surface area contributed by atoms with Crippen molar-refractivity contribution in [2.75, 3.05) is 31.1 Å². The number of fused-ring (bicyclic) bond motifs is 1. The summed E-state index contributed by atoms with van der Waals surface area (Å²) in [6, 6.07) is 15.3. The predicted octanol–water partition coefficient (Wildman–Crippen LogP) is 4.03. The van der Waals surface area contributed by atoms with E-state index in [1.165, 1.54) is 16.3 Å². The smallest absolute Gasteiger partial charge is 0.225 e. The van der Waals surface area contributed by atoms with Crippen LogP contribution in [0.15, 0.2) is 47.5 Å². The SMILES string of the molecule is CCNC(=NCc1cccc2ccccc12)NC1CCC(C(=O)N2CCSCC2)CC1. The lowest BCUT2D eigenvalue weighted by Crippen LogP contribution is -2.47. The van der Waals surface area contributed by atoms with Crippen LogP contribution in [0.2, 0.25) is 0 Å². The first kappa shape index (κ1) is 22.0. The van der Waals surface area contributed by atoms with Crippen LogP contribution >= 0.6 is 11.8 Å². The fourth-order valence-electron chi connectivity index (χ4n) is 4.63. The van der Waals surface area contributed by atoms with Crippen molar-refractivity contribution in [3.63, 3.8) is 0 Å². The normalized spacial score (nSPS) is 22.4. The van der Waals surface area contributed by atoms with E-state index in [0.717, 1.165) is 62.8 Å². The van der Waals surface area contributed by atoms with E-state index in [1.807, 2.05) is 11.8 Å². The summed E-state index contributed by atoms with van der Waals surface area (Å²) in [6.45, 7) is 5.43. The van der Waals surface area contributed by atoms with E-state index in [-0.39, 0.29) is 5.92 Å². The molecule has 0 radical (unpaired) electrons. The molecule has 1 aliphatic heterocycles. The molecule has 5 nitrogen and oxygen atoms in total. The summed E-state index contributed by atoms with van der Waals surface area (Å²) in [4.78, 5) is 19.8. The van der Waals surface area contributed by atoms with Crippen molar-refractivity contribution in [3.05, 3.63) is 48.0 Å². The van der Waals surface area contributed by atoms with Gasteiger partial charge in [0.05, 0.1) is 6.54 Å². The first-order valence-electron chi connectivity index (χ1n) is 11.6. The number of hydrogen-bond donors (Lipinski definition) is 2. The summed E-state index contributed by atoms with van der Waals surface area (Å²) < 4.78 is 0. The highest BCUT2D eigenvalue weighted by atomic mass is 32.2. The molecule has 1 amide bonds. The van der Waals surface area contributed by atoms with Crippen LogP contribution in [0.5, 0.6) is 0 Å². The number of nitrogens with zero attached hydrogens (tertiary/aromatic N) is 2. The molecule has 1 saturated heterocycles. The minimum absolute atomic E-state index is 0.205. The van der Waals surface area contributed by atoms with Crippen LogP contribution in [0.4, 0.5) is 0 Å². The van der Waals surface area contributed by atoms with Crippen molar-refractivity contribution < 1.29 is 4.79 Å². The van der Waals surface area contributed by atoms with E-state index in [9.17, 15) is 4.79 Å². The Morgan fingerprint density at radius 1 is 1.06 bits per heavy atom. The molecule has 2 N–H and O–H groups in total. The van der Waals surface area contributed by atoms with E-state index in [4.69, 9.17) is 4.99 Å². The Kier molecular flexibility index (Phi) is 7.73. The first-order chi connectivity index (χ1) is 15.2. The standard InChI is InChI=1S/C25H34N4OS/c1-2-26-25(27-18-21-8-5-7-19-6-3-4-9-23(19)21)28-22-12-10-20(11-13-22)24(30)29-14-16-31-17-15-29/h3-9,20,22H,2,10-18H2,1H3,(H2,26,27,28). The Morgan fingerprint density at radius 2 is 1.81 bits per heavy atom. The Balaban J connectivity index is 1.34. The zero-order valence-electron chi connectivity index (χ0n) is 18.5. The van der Waals surface area contributed by atoms with Gasteiger partial charge >= 0.3 is 0 Å². The summed E-state index contributed by atoms with van der Waals surface area (Å²) in [5.41, 5.74) is 1.24. The summed E-state index contributed by atoms with van der Waals surface area (Å²) >= 11 is 1.95. The summed E-state index contributed by atoms with van der Waals surface area (Å²) in [5, 5.41) is 9.54. The van der Waals surface area contributed by atoms with Crippen LogP contribution in [0.3, 0.4) is 0 Å². The van der Waals surface area contributed by atoms with Crippen molar-refractivity contribution in [1.82, 2.24) is 15.5 Å². The maximum absolute atomic E-state index is 12.8. The first-order valence-corrected chi connectivity index (χ1v) is 12.8. The third kappa shape index (κ3) is 5.73. The molecule has 0 spiro atoms. The fourth-order valence-corrected chi connectivity index (χ4v) is 5.54. The second-order valence-electron chi connectivity index (χ2n) is 8.46. The van der Waals surface area contributed by atoms with E-state index in [2.05, 4.69) is 64.9 Å². The van der Waals surface area contributed by atoms with Gasteiger partial charge in [-0.05, 0) is 48.9 Å². The van der Waals surface area contributed by atoms with Crippen molar-refractivity contribution in [1.29, 1.82) is 0 Å². The van der Waals surface area contributed by atoms with E-state index < -0.39 is 0 Å². The van der Waals surface area contributed by atoms with Crippen LogP contribution in [0.25, 0.3) is 10.8 Å². The molecule has 6 heteroatoms. The molecule has 31 heavy (non-hydrogen) atoms. The van der Waals surface area contributed by atoms with Crippen molar-refractivity contribution in [3.8, 4) is 0 Å². The van der Waals surface area contributed by atoms with Gasteiger partial charge in [0.25, 0.3) is 0 Å². The second-order valence-corrected chi connectivity index (χ2v) is 9.69. The summed E-state index contributed by atoms with van der Waals surface area (Å²) in [7, 11) is 0. The number of thioether (sulfide) groups is 1. The molecular formula is C25H34N4OS. The van der Waals surface area contributed by atoms with Crippen molar-refractivity contribution >= 4 is 34.4 Å². The minimum Gasteiger partial charge on any atom is -0.357 e. The summed E-state index contributed by atoms with van der Waals surface area (Å²) in [6.07, 6.45) is 4.00. The number of hydrogen-bond acceptors (Lipinski definition) is 3. The molecule has 1 heterocycles. The van der Waals surface area contributed by atoms with Gasteiger partial charge in [-0.1, -0.05) is 42.5 Å². The summed E-state index contributed by atoms with van der Waals surface area (Å²) in [5.74, 6) is 3.63. The Labute approximate surface area is 190 Å². The van der Waals surface area contributed by atoms with Crippen LogP contribution < -0.4 is 10.6 Å². The quantitative estimate of drug-likeness (QED) is 0.547. The van der Waals surface area contributed by atoms with Gasteiger partial charge in [-0.3, -0.25) is 4.79 Å². The van der Waals surface area contributed by atoms with Gasteiger partial charge in [0.15, 0.2) is 5.96 Å². The fraction of sp³-hybridized carbons (Fsp3) is 0.520. The van der Waals surface area contributed by atoms with Gasteiger partial charge in [-0.25, -0.2) is 4.99 Å². The largest absolute Gasteiger partial charge is 0.357 e. The maximum atomic E-state index is 12.8. The lowest BCUT2D eigenvalue weighted by molar-refractivity contribution is -0.136. The molecule has 0 aromatic heterocycles. The highest BCUT2D eigenvalue weighted by Gasteiger charge is 2.30. The molecule has 166 valence electrons. The molecule has 0 unspecified atom stereocenters. The molecule has 4 rings (SSSR count).